The van der Waals surface area contributed by atoms with E-state index in [0.717, 1.165) is 11.0 Å². The zero-order valence-electron chi connectivity index (χ0n) is 14.5. The maximum absolute atomic E-state index is 11.4. The van der Waals surface area contributed by atoms with Gasteiger partial charge in [-0.05, 0) is 38.7 Å². The molecule has 0 amide bonds. The molecule has 0 radical (unpaired) electrons. The largest absolute Gasteiger partial charge is 0.494 e. The van der Waals surface area contributed by atoms with E-state index in [2.05, 4.69) is 0 Å². The van der Waals surface area contributed by atoms with E-state index in [9.17, 15) is 9.59 Å². The first-order valence-corrected chi connectivity index (χ1v) is 7.93. The second kappa shape index (κ2) is 6.95. The van der Waals surface area contributed by atoms with E-state index >= 15 is 0 Å². The number of carbonyl (C=O) groups is 2. The molecule has 1 aromatic carbocycles. The summed E-state index contributed by atoms with van der Waals surface area (Å²) in [6, 6.07) is 7.43. The number of carboxylic acids is 1. The Morgan fingerprint density at radius 1 is 1.04 bits per heavy atom. The van der Waals surface area contributed by atoms with Crippen LogP contribution < -0.4 is 5.46 Å². The molecule has 0 spiro atoms. The van der Waals surface area contributed by atoms with Crippen molar-refractivity contribution >= 4 is 24.5 Å². The van der Waals surface area contributed by atoms with Gasteiger partial charge in [-0.3, -0.25) is 9.59 Å². The normalized spacial score (nSPS) is 18.4. The third-order valence-corrected chi connectivity index (χ3v) is 4.45. The molecule has 24 heavy (non-hydrogen) atoms. The van der Waals surface area contributed by atoms with Crippen LogP contribution in [0.2, 0.25) is 0 Å². The van der Waals surface area contributed by atoms with Crippen LogP contribution in [-0.2, 0) is 30.2 Å². The van der Waals surface area contributed by atoms with Gasteiger partial charge in [0.25, 0.3) is 0 Å². The minimum Gasteiger partial charge on any atom is -0.481 e. The van der Waals surface area contributed by atoms with E-state index in [-0.39, 0.29) is 19.4 Å². The summed E-state index contributed by atoms with van der Waals surface area (Å²) >= 11 is 0. The topological polar surface area (TPSA) is 82.1 Å². The molecule has 0 aromatic heterocycles. The van der Waals surface area contributed by atoms with Crippen LogP contribution in [0.4, 0.5) is 0 Å². The second-order valence-electron chi connectivity index (χ2n) is 6.88. The van der Waals surface area contributed by atoms with Crippen molar-refractivity contribution < 1.29 is 28.7 Å². The highest BCUT2D eigenvalue weighted by Crippen LogP contribution is 2.36. The van der Waals surface area contributed by atoms with Gasteiger partial charge in [-0.1, -0.05) is 24.3 Å². The molecule has 1 aliphatic heterocycles. The molecule has 2 rings (SSSR count). The van der Waals surface area contributed by atoms with E-state index < -0.39 is 30.3 Å². The van der Waals surface area contributed by atoms with Gasteiger partial charge in [0.05, 0.1) is 24.0 Å². The van der Waals surface area contributed by atoms with Crippen molar-refractivity contribution in [3.63, 3.8) is 0 Å². The van der Waals surface area contributed by atoms with E-state index in [1.165, 1.54) is 0 Å². The van der Waals surface area contributed by atoms with Crippen LogP contribution in [0.1, 0.15) is 46.1 Å². The van der Waals surface area contributed by atoms with Crippen LogP contribution in [0.15, 0.2) is 24.3 Å². The lowest BCUT2D eigenvalue weighted by Crippen LogP contribution is -2.41. The third-order valence-electron chi connectivity index (χ3n) is 4.45. The summed E-state index contributed by atoms with van der Waals surface area (Å²) in [7, 11) is -0.429. The monoisotopic (exact) mass is 334 g/mol. The number of carbonyl (C=O) groups excluding carboxylic acids is 1. The van der Waals surface area contributed by atoms with Crippen LogP contribution in [-0.4, -0.2) is 35.4 Å². The van der Waals surface area contributed by atoms with Gasteiger partial charge < -0.3 is 19.2 Å². The first-order valence-electron chi connectivity index (χ1n) is 7.93. The summed E-state index contributed by atoms with van der Waals surface area (Å²) in [6.07, 6.45) is -0.346. The molecule has 0 aliphatic carbocycles. The standard InChI is InChI=1S/C17H23BO6/c1-16(2)17(3,4)24-18(23-16)13-7-5-12(6-8-13)11-22-15(21)10-9-14(19)20/h5-8H,9-11H2,1-4H3,(H,19,20). The predicted octanol–water partition coefficient (Wildman–Crippen LogP) is 1.89. The Kier molecular flexibility index (Phi) is 5.35. The molecule has 1 fully saturated rings. The average molecular weight is 334 g/mol. The lowest BCUT2D eigenvalue weighted by Gasteiger charge is -2.32. The molecular weight excluding hydrogens is 311 g/mol. The number of rotatable bonds is 6. The Balaban J connectivity index is 1.90. The first-order chi connectivity index (χ1) is 11.1. The molecule has 0 saturated carbocycles. The van der Waals surface area contributed by atoms with Gasteiger partial charge in [0.2, 0.25) is 0 Å². The summed E-state index contributed by atoms with van der Waals surface area (Å²) in [6.45, 7) is 8.11. The summed E-state index contributed by atoms with van der Waals surface area (Å²) in [4.78, 5) is 21.8. The fraction of sp³-hybridized carbons (Fsp3) is 0.529. The van der Waals surface area contributed by atoms with Crippen LogP contribution >= 0.6 is 0 Å². The zero-order chi connectivity index (χ0) is 18.0. The van der Waals surface area contributed by atoms with Gasteiger partial charge in [0.15, 0.2) is 0 Å². The molecule has 130 valence electrons. The number of hydrogen-bond acceptors (Lipinski definition) is 5. The molecule has 0 atom stereocenters. The Morgan fingerprint density at radius 2 is 1.58 bits per heavy atom. The number of benzene rings is 1. The van der Waals surface area contributed by atoms with Crippen LogP contribution in [0.3, 0.4) is 0 Å². The summed E-state index contributed by atoms with van der Waals surface area (Å²) in [5, 5.41) is 8.52. The quantitative estimate of drug-likeness (QED) is 0.632. The Bertz CT molecular complexity index is 592. The van der Waals surface area contributed by atoms with Crippen LogP contribution in [0.5, 0.6) is 0 Å². The minimum absolute atomic E-state index is 0.113. The van der Waals surface area contributed by atoms with Crippen molar-refractivity contribution in [1.29, 1.82) is 0 Å². The highest BCUT2D eigenvalue weighted by molar-refractivity contribution is 6.62. The summed E-state index contributed by atoms with van der Waals surface area (Å²) in [5.74, 6) is -1.54. The fourth-order valence-electron chi connectivity index (χ4n) is 2.20. The Morgan fingerprint density at radius 3 is 2.08 bits per heavy atom. The number of aliphatic carboxylic acids is 1. The maximum atomic E-state index is 11.4. The van der Waals surface area contributed by atoms with Crippen molar-refractivity contribution in [2.24, 2.45) is 0 Å². The van der Waals surface area contributed by atoms with Crippen molar-refractivity contribution in [1.82, 2.24) is 0 Å². The van der Waals surface area contributed by atoms with Crippen molar-refractivity contribution in [2.75, 3.05) is 0 Å². The Hall–Kier alpha value is -1.86. The fourth-order valence-corrected chi connectivity index (χ4v) is 2.20. The molecule has 1 saturated heterocycles. The maximum Gasteiger partial charge on any atom is 0.494 e. The lowest BCUT2D eigenvalue weighted by molar-refractivity contribution is -0.148. The van der Waals surface area contributed by atoms with Gasteiger partial charge in [0, 0.05) is 0 Å². The summed E-state index contributed by atoms with van der Waals surface area (Å²) in [5.41, 5.74) is 0.931. The van der Waals surface area contributed by atoms with Gasteiger partial charge in [0.1, 0.15) is 6.61 Å². The predicted molar refractivity (Wildman–Crippen MR) is 88.8 cm³/mol. The molecule has 1 aromatic rings. The van der Waals surface area contributed by atoms with Gasteiger partial charge in [-0.2, -0.15) is 0 Å². The lowest BCUT2D eigenvalue weighted by atomic mass is 9.79. The third kappa shape index (κ3) is 4.36. The second-order valence-corrected chi connectivity index (χ2v) is 6.88. The Labute approximate surface area is 142 Å². The first kappa shape index (κ1) is 18.5. The molecular formula is C17H23BO6. The van der Waals surface area contributed by atoms with E-state index in [0.29, 0.717) is 0 Å². The van der Waals surface area contributed by atoms with Crippen molar-refractivity contribution in [3.05, 3.63) is 29.8 Å². The molecule has 7 heteroatoms. The number of carboxylic acid groups (broad SMARTS) is 1. The van der Waals surface area contributed by atoms with Gasteiger partial charge in [-0.25, -0.2) is 0 Å². The smallest absolute Gasteiger partial charge is 0.481 e. The van der Waals surface area contributed by atoms with Crippen molar-refractivity contribution in [2.45, 2.75) is 58.3 Å². The van der Waals surface area contributed by atoms with Gasteiger partial charge >= 0.3 is 19.1 Å². The molecule has 1 aliphatic rings. The van der Waals surface area contributed by atoms with E-state index in [1.807, 2.05) is 52.0 Å². The molecule has 1 N–H and O–H groups in total. The average Bonchev–Trinajstić information content (AvgIpc) is 2.72. The highest BCUT2D eigenvalue weighted by atomic mass is 16.7. The van der Waals surface area contributed by atoms with E-state index in [1.54, 1.807) is 0 Å². The van der Waals surface area contributed by atoms with Crippen molar-refractivity contribution in [3.8, 4) is 0 Å². The molecule has 0 bridgehead atoms. The SMILES string of the molecule is CC1(C)OB(c2ccc(COC(=O)CCC(=O)O)cc2)OC1(C)C. The molecule has 0 unspecified atom stereocenters. The number of ether oxygens (including phenoxy) is 1. The minimum atomic E-state index is -1.02. The zero-order valence-corrected chi connectivity index (χ0v) is 14.5. The van der Waals surface area contributed by atoms with Crippen LogP contribution in [0, 0.1) is 0 Å². The number of hydrogen-bond donors (Lipinski definition) is 1. The van der Waals surface area contributed by atoms with Crippen LogP contribution in [0.25, 0.3) is 0 Å². The molecule has 6 nitrogen and oxygen atoms in total. The molecule has 1 heterocycles. The van der Waals surface area contributed by atoms with E-state index in [4.69, 9.17) is 19.2 Å². The van der Waals surface area contributed by atoms with Gasteiger partial charge in [-0.15, -0.1) is 0 Å². The highest BCUT2D eigenvalue weighted by Gasteiger charge is 2.51. The number of esters is 1. The summed E-state index contributed by atoms with van der Waals surface area (Å²) < 4.78 is 17.0.